The molecule has 2 heterocycles. The highest BCUT2D eigenvalue weighted by Gasteiger charge is 2.19. The van der Waals surface area contributed by atoms with E-state index < -0.39 is 0 Å². The van der Waals surface area contributed by atoms with Crippen molar-refractivity contribution in [1.82, 2.24) is 5.43 Å². The second-order valence-corrected chi connectivity index (χ2v) is 5.14. The minimum Gasteiger partial charge on any atom is -0.469 e. The first-order valence-corrected chi connectivity index (χ1v) is 6.23. The molecule has 0 aliphatic carbocycles. The van der Waals surface area contributed by atoms with E-state index in [0.29, 0.717) is 0 Å². The first-order valence-electron chi connectivity index (χ1n) is 5.04. The number of hydrogen-bond donors (Lipinski definition) is 2. The van der Waals surface area contributed by atoms with Gasteiger partial charge in [-0.3, -0.25) is 5.84 Å². The maximum Gasteiger partial charge on any atom is 0.108 e. The van der Waals surface area contributed by atoms with Gasteiger partial charge < -0.3 is 4.42 Å². The molecule has 0 saturated heterocycles. The number of halogens is 1. The molecule has 0 aliphatic heterocycles. The lowest BCUT2D eigenvalue weighted by Gasteiger charge is -2.13. The molecule has 0 spiro atoms. The summed E-state index contributed by atoms with van der Waals surface area (Å²) in [6.07, 6.45) is 2.54. The Bertz CT molecular complexity index is 466. The zero-order valence-corrected chi connectivity index (χ0v) is 10.4. The van der Waals surface area contributed by atoms with Gasteiger partial charge in [0.05, 0.1) is 16.6 Å². The molecule has 3 N–H and O–H groups in total. The van der Waals surface area contributed by atoms with Crippen LogP contribution in [-0.4, -0.2) is 0 Å². The molecule has 2 aromatic rings. The fourth-order valence-corrected chi connectivity index (χ4v) is 2.84. The predicted octanol–water partition coefficient (Wildman–Crippen LogP) is 3.11. The molecule has 86 valence electrons. The summed E-state index contributed by atoms with van der Waals surface area (Å²) in [7, 11) is 0. The van der Waals surface area contributed by atoms with Crippen LogP contribution in [0.25, 0.3) is 0 Å². The van der Waals surface area contributed by atoms with Crippen molar-refractivity contribution in [3.63, 3.8) is 0 Å². The number of hydrazine groups is 1. The normalized spacial score (nSPS) is 12.9. The van der Waals surface area contributed by atoms with E-state index in [2.05, 4.69) is 12.3 Å². The summed E-state index contributed by atoms with van der Waals surface area (Å²) in [5.74, 6) is 6.55. The molecule has 0 radical (unpaired) electrons. The van der Waals surface area contributed by atoms with Crippen LogP contribution in [0.4, 0.5) is 0 Å². The Kier molecular flexibility index (Phi) is 3.66. The molecule has 0 saturated carbocycles. The molecule has 1 atom stereocenters. The van der Waals surface area contributed by atoms with Gasteiger partial charge >= 0.3 is 0 Å². The van der Waals surface area contributed by atoms with E-state index >= 15 is 0 Å². The van der Waals surface area contributed by atoms with Crippen LogP contribution in [0.15, 0.2) is 28.9 Å². The molecule has 0 fully saturated rings. The summed E-state index contributed by atoms with van der Waals surface area (Å²) in [4.78, 5) is 1.09. The molecule has 2 aromatic heterocycles. The van der Waals surface area contributed by atoms with Crippen LogP contribution < -0.4 is 11.3 Å². The first kappa shape index (κ1) is 11.7. The molecule has 0 aliphatic rings. The Morgan fingerprint density at radius 3 is 2.88 bits per heavy atom. The van der Waals surface area contributed by atoms with E-state index in [4.69, 9.17) is 21.9 Å². The van der Waals surface area contributed by atoms with Gasteiger partial charge in [0.2, 0.25) is 0 Å². The van der Waals surface area contributed by atoms with Gasteiger partial charge in [-0.25, -0.2) is 5.43 Å². The molecule has 1 unspecified atom stereocenters. The third kappa shape index (κ3) is 2.15. The van der Waals surface area contributed by atoms with Crippen LogP contribution in [0.2, 0.25) is 4.34 Å². The summed E-state index contributed by atoms with van der Waals surface area (Å²) in [6.45, 7) is 2.05. The van der Waals surface area contributed by atoms with Gasteiger partial charge in [0.15, 0.2) is 0 Å². The first-order chi connectivity index (χ1) is 7.76. The SMILES string of the molecule is CCc1occc1C(NN)c1ccc(Cl)s1. The van der Waals surface area contributed by atoms with Gasteiger partial charge in [0.25, 0.3) is 0 Å². The molecular weight excluding hydrogens is 244 g/mol. The van der Waals surface area contributed by atoms with Crippen molar-refractivity contribution in [2.45, 2.75) is 19.4 Å². The van der Waals surface area contributed by atoms with Crippen molar-refractivity contribution in [3.05, 3.63) is 45.0 Å². The third-order valence-electron chi connectivity index (χ3n) is 2.46. The van der Waals surface area contributed by atoms with Crippen molar-refractivity contribution in [3.8, 4) is 0 Å². The highest BCUT2D eigenvalue weighted by Crippen LogP contribution is 2.32. The molecule has 5 heteroatoms. The van der Waals surface area contributed by atoms with E-state index in [1.807, 2.05) is 18.2 Å². The van der Waals surface area contributed by atoms with Crippen LogP contribution in [0.5, 0.6) is 0 Å². The van der Waals surface area contributed by atoms with E-state index in [-0.39, 0.29) is 6.04 Å². The highest BCUT2D eigenvalue weighted by atomic mass is 35.5. The van der Waals surface area contributed by atoms with Gasteiger partial charge in [-0.05, 0) is 18.2 Å². The van der Waals surface area contributed by atoms with Gasteiger partial charge in [-0.1, -0.05) is 18.5 Å². The average Bonchev–Trinajstić information content (AvgIpc) is 2.89. The van der Waals surface area contributed by atoms with Gasteiger partial charge in [-0.15, -0.1) is 11.3 Å². The second-order valence-electron chi connectivity index (χ2n) is 3.39. The molecule has 2 rings (SSSR count). The Morgan fingerprint density at radius 2 is 2.31 bits per heavy atom. The standard InChI is InChI=1S/C11H13ClN2OS/c1-2-8-7(5-6-15-8)11(14-13)9-3-4-10(12)16-9/h3-6,11,14H,2,13H2,1H3. The number of furan rings is 1. The lowest BCUT2D eigenvalue weighted by molar-refractivity contribution is 0.503. The van der Waals surface area contributed by atoms with Crippen LogP contribution >= 0.6 is 22.9 Å². The Balaban J connectivity index is 2.36. The highest BCUT2D eigenvalue weighted by molar-refractivity contribution is 7.16. The molecule has 0 amide bonds. The van der Waals surface area contributed by atoms with Crippen LogP contribution in [0, 0.1) is 0 Å². The minimum absolute atomic E-state index is 0.0498. The molecule has 16 heavy (non-hydrogen) atoms. The number of thiophene rings is 1. The topological polar surface area (TPSA) is 51.2 Å². The Labute approximate surface area is 103 Å². The number of rotatable bonds is 4. The summed E-state index contributed by atoms with van der Waals surface area (Å²) in [5, 5.41) is 0. The van der Waals surface area contributed by atoms with E-state index in [0.717, 1.165) is 27.0 Å². The maximum atomic E-state index is 5.92. The fourth-order valence-electron chi connectivity index (χ4n) is 1.70. The zero-order chi connectivity index (χ0) is 11.5. The lowest BCUT2D eigenvalue weighted by Crippen LogP contribution is -2.28. The minimum atomic E-state index is -0.0498. The summed E-state index contributed by atoms with van der Waals surface area (Å²) < 4.78 is 6.16. The van der Waals surface area contributed by atoms with Crippen LogP contribution in [0.1, 0.15) is 29.2 Å². The van der Waals surface area contributed by atoms with Crippen molar-refractivity contribution >= 4 is 22.9 Å². The quantitative estimate of drug-likeness (QED) is 0.653. The number of aryl methyl sites for hydroxylation is 1. The zero-order valence-electron chi connectivity index (χ0n) is 8.87. The maximum absolute atomic E-state index is 5.92. The predicted molar refractivity (Wildman–Crippen MR) is 66.6 cm³/mol. The van der Waals surface area contributed by atoms with Gasteiger partial charge in [-0.2, -0.15) is 0 Å². The Hall–Kier alpha value is -0.810. The average molecular weight is 257 g/mol. The number of hydrogen-bond acceptors (Lipinski definition) is 4. The fraction of sp³-hybridized carbons (Fsp3) is 0.273. The van der Waals surface area contributed by atoms with Crippen molar-refractivity contribution in [2.75, 3.05) is 0 Å². The van der Waals surface area contributed by atoms with Crippen molar-refractivity contribution < 1.29 is 4.42 Å². The summed E-state index contributed by atoms with van der Waals surface area (Å²) >= 11 is 7.44. The summed E-state index contributed by atoms with van der Waals surface area (Å²) in [6, 6.07) is 5.74. The number of nitrogens with one attached hydrogen (secondary N) is 1. The molecule has 0 aromatic carbocycles. The smallest absolute Gasteiger partial charge is 0.108 e. The van der Waals surface area contributed by atoms with E-state index in [9.17, 15) is 0 Å². The third-order valence-corrected chi connectivity index (χ3v) is 3.75. The van der Waals surface area contributed by atoms with Gasteiger partial charge in [0, 0.05) is 16.9 Å². The monoisotopic (exact) mass is 256 g/mol. The summed E-state index contributed by atoms with van der Waals surface area (Å²) in [5.41, 5.74) is 3.87. The van der Waals surface area contributed by atoms with Gasteiger partial charge in [0.1, 0.15) is 5.76 Å². The largest absolute Gasteiger partial charge is 0.469 e. The number of nitrogens with two attached hydrogens (primary N) is 1. The van der Waals surface area contributed by atoms with Crippen LogP contribution in [0.3, 0.4) is 0 Å². The molecule has 0 bridgehead atoms. The molecular formula is C11H13ClN2OS. The van der Waals surface area contributed by atoms with Crippen LogP contribution in [-0.2, 0) is 6.42 Å². The lowest BCUT2D eigenvalue weighted by atomic mass is 10.1. The van der Waals surface area contributed by atoms with E-state index in [1.165, 1.54) is 11.3 Å². The van der Waals surface area contributed by atoms with E-state index in [1.54, 1.807) is 6.26 Å². The molecule has 3 nitrogen and oxygen atoms in total. The van der Waals surface area contributed by atoms with Crippen molar-refractivity contribution in [2.24, 2.45) is 5.84 Å². The Morgan fingerprint density at radius 1 is 1.50 bits per heavy atom. The van der Waals surface area contributed by atoms with Crippen molar-refractivity contribution in [1.29, 1.82) is 0 Å². The second kappa shape index (κ2) is 5.01.